The van der Waals surface area contributed by atoms with E-state index in [1.165, 1.54) is 63.4 Å². The summed E-state index contributed by atoms with van der Waals surface area (Å²) in [5.74, 6) is 0.794. The Bertz CT molecular complexity index is 496. The fourth-order valence-electron chi connectivity index (χ4n) is 3.92. The molecule has 1 aliphatic rings. The quantitative estimate of drug-likeness (QED) is 0.161. The Morgan fingerprint density at radius 3 is 1.83 bits per heavy atom. The van der Waals surface area contributed by atoms with Gasteiger partial charge in [-0.15, -0.1) is 0 Å². The number of hydrogen-bond acceptors (Lipinski definition) is 2. The zero-order chi connectivity index (χ0) is 21.3. The fourth-order valence-corrected chi connectivity index (χ4v) is 13.7. The van der Waals surface area contributed by atoms with Gasteiger partial charge in [0, 0.05) is 13.1 Å². The van der Waals surface area contributed by atoms with Gasteiger partial charge in [-0.2, -0.15) is 0 Å². The first kappa shape index (κ1) is 27.2. The van der Waals surface area contributed by atoms with Crippen molar-refractivity contribution in [1.29, 1.82) is 0 Å². The van der Waals surface area contributed by atoms with Crippen molar-refractivity contribution in [2.75, 3.05) is 13.1 Å². The van der Waals surface area contributed by atoms with Crippen molar-refractivity contribution in [3.63, 3.8) is 0 Å². The van der Waals surface area contributed by atoms with Gasteiger partial charge in [-0.25, -0.2) is 0 Å². The van der Waals surface area contributed by atoms with Crippen LogP contribution in [0.1, 0.15) is 77.7 Å². The maximum absolute atomic E-state index is 5.02. The number of unbranched alkanes of at least 4 members (excludes halogenated alkanes) is 3. The number of nitrogens with zero attached hydrogens (tertiary/aromatic N) is 1. The minimum Gasteiger partial charge on any atom is -0.411 e. The Morgan fingerprint density at radius 2 is 1.41 bits per heavy atom. The molecular formula is C25H43NS2Sn. The van der Waals surface area contributed by atoms with Crippen LogP contribution in [0.25, 0.3) is 0 Å². The molecule has 1 fully saturated rings. The molecule has 0 bridgehead atoms. The van der Waals surface area contributed by atoms with Crippen molar-refractivity contribution < 1.29 is 0 Å². The molecule has 0 atom stereocenters. The van der Waals surface area contributed by atoms with Crippen LogP contribution in [-0.4, -0.2) is 42.1 Å². The van der Waals surface area contributed by atoms with Crippen LogP contribution in [-0.2, 0) is 19.0 Å². The standard InChI is InChI=1S/C13H17NS2.3C4H9.Sn/c15-13(16)14-8-6-12(7-9-14)10-11-4-2-1-3-5-11;3*1-3-4-2;/h1-5,12H,6-10H2,(H,15,16);3*1,3-4H2,2H3;/q;;;;+1/p-1. The van der Waals surface area contributed by atoms with E-state index in [-0.39, 0.29) is 0 Å². The van der Waals surface area contributed by atoms with E-state index in [4.69, 9.17) is 24.8 Å². The molecule has 164 valence electrons. The number of hydrogen-bond donors (Lipinski definition) is 0. The van der Waals surface area contributed by atoms with Crippen LogP contribution in [0.4, 0.5) is 0 Å². The second kappa shape index (κ2) is 17.8. The summed E-state index contributed by atoms with van der Waals surface area (Å²) in [4.78, 5) is 2.14. The third kappa shape index (κ3) is 13.2. The Morgan fingerprint density at radius 1 is 0.931 bits per heavy atom. The van der Waals surface area contributed by atoms with Crippen molar-refractivity contribution in [2.45, 2.75) is 91.9 Å². The van der Waals surface area contributed by atoms with Crippen LogP contribution in [0.5, 0.6) is 0 Å². The summed E-state index contributed by atoms with van der Waals surface area (Å²) in [5.41, 5.74) is 1.45. The van der Waals surface area contributed by atoms with Crippen molar-refractivity contribution >= 4 is 48.9 Å². The molecule has 0 aromatic heterocycles. The van der Waals surface area contributed by atoms with Gasteiger partial charge < -0.3 is 29.7 Å². The number of piperidine rings is 1. The summed E-state index contributed by atoms with van der Waals surface area (Å²) >= 11 is 9.21. The first-order valence-corrected chi connectivity index (χ1v) is 18.8. The van der Waals surface area contributed by atoms with Crippen LogP contribution < -0.4 is 0 Å². The van der Waals surface area contributed by atoms with E-state index in [1.54, 1.807) is 13.3 Å². The molecule has 0 spiro atoms. The minimum atomic E-state index is -0.839. The fraction of sp³-hybridized carbons (Fsp3) is 0.720. The summed E-state index contributed by atoms with van der Waals surface area (Å²) in [7, 11) is 0. The van der Waals surface area contributed by atoms with Gasteiger partial charge in [-0.05, 0) is 30.7 Å². The number of rotatable bonds is 11. The van der Waals surface area contributed by atoms with Crippen LogP contribution in [0, 0.1) is 5.92 Å². The summed E-state index contributed by atoms with van der Waals surface area (Å²) in [6.45, 7) is 9.08. The van der Waals surface area contributed by atoms with E-state index >= 15 is 0 Å². The maximum atomic E-state index is 5.02. The van der Waals surface area contributed by atoms with E-state index in [9.17, 15) is 0 Å². The molecule has 0 unspecified atom stereocenters. The first-order valence-electron chi connectivity index (χ1n) is 11.9. The van der Waals surface area contributed by atoms with E-state index in [2.05, 4.69) is 56.0 Å². The van der Waals surface area contributed by atoms with Gasteiger partial charge in [-0.3, -0.25) is 0 Å². The molecule has 0 aliphatic carbocycles. The topological polar surface area (TPSA) is 3.24 Å². The second-order valence-corrected chi connectivity index (χ2v) is 18.0. The molecule has 1 saturated heterocycles. The van der Waals surface area contributed by atoms with Crippen LogP contribution in [0.15, 0.2) is 30.3 Å². The molecule has 0 radical (unpaired) electrons. The number of likely N-dealkylation sites (tertiary alicyclic amines) is 1. The smallest absolute Gasteiger partial charge is 0.0165 e. The Labute approximate surface area is 199 Å². The molecule has 1 aliphatic heterocycles. The zero-order valence-corrected chi connectivity index (χ0v) is 23.6. The molecule has 0 amide bonds. The molecule has 1 nitrogen and oxygen atoms in total. The summed E-state index contributed by atoms with van der Waals surface area (Å²) in [5, 5.41) is 0. The van der Waals surface area contributed by atoms with Crippen molar-refractivity contribution in [3.8, 4) is 0 Å². The predicted octanol–water partition coefficient (Wildman–Crippen LogP) is 7.65. The first-order chi connectivity index (χ1) is 14.1. The zero-order valence-electron chi connectivity index (χ0n) is 19.1. The molecular weight excluding hydrogens is 497 g/mol. The van der Waals surface area contributed by atoms with E-state index in [0.29, 0.717) is 4.32 Å². The van der Waals surface area contributed by atoms with Crippen molar-refractivity contribution in [3.05, 3.63) is 35.9 Å². The maximum Gasteiger partial charge on any atom is 0.0165 e. The third-order valence-corrected chi connectivity index (χ3v) is 15.5. The molecule has 0 saturated carbocycles. The largest absolute Gasteiger partial charge is 0.411 e. The molecule has 1 aromatic carbocycles. The van der Waals surface area contributed by atoms with Gasteiger partial charge in [-0.1, -0.05) is 34.7 Å². The predicted molar refractivity (Wildman–Crippen MR) is 139 cm³/mol. The normalized spacial score (nSPS) is 14.2. The number of benzene rings is 1. The number of thiocarbonyl (C=S) groups is 1. The third-order valence-electron chi connectivity index (χ3n) is 5.89. The van der Waals surface area contributed by atoms with Gasteiger partial charge in [0.1, 0.15) is 0 Å². The molecule has 1 heterocycles. The summed E-state index contributed by atoms with van der Waals surface area (Å²) < 4.78 is 5.68. The van der Waals surface area contributed by atoms with E-state index < -0.39 is 19.8 Å². The minimum absolute atomic E-state index is 0.637. The van der Waals surface area contributed by atoms with E-state index in [0.717, 1.165) is 19.0 Å². The molecule has 4 heteroatoms. The van der Waals surface area contributed by atoms with Crippen LogP contribution in [0.2, 0.25) is 13.3 Å². The van der Waals surface area contributed by atoms with E-state index in [1.807, 2.05) is 0 Å². The summed E-state index contributed by atoms with van der Waals surface area (Å²) in [6.07, 6.45) is 12.5. The summed E-state index contributed by atoms with van der Waals surface area (Å²) in [6, 6.07) is 10.7. The molecule has 0 N–H and O–H groups in total. The Balaban J connectivity index is 0.000000298. The van der Waals surface area contributed by atoms with Gasteiger partial charge in [0.15, 0.2) is 0 Å². The second-order valence-electron chi connectivity index (χ2n) is 8.45. The van der Waals surface area contributed by atoms with Gasteiger partial charge in [0.25, 0.3) is 0 Å². The van der Waals surface area contributed by atoms with Crippen LogP contribution in [0.3, 0.4) is 0 Å². The Hall–Kier alpha value is 0.129. The Kier molecular flexibility index (Phi) is 16.6. The SMILES string of the molecule is CCC[CH2][Sn+]([CH2]CCC)[CH2]CCC.S=C([S-])N1CCC(Cc2ccccc2)CC1. The van der Waals surface area contributed by atoms with Gasteiger partial charge >= 0.3 is 92.4 Å². The average molecular weight is 540 g/mol. The van der Waals surface area contributed by atoms with Crippen LogP contribution >= 0.6 is 12.2 Å². The molecule has 29 heavy (non-hydrogen) atoms. The average Bonchev–Trinajstić information content (AvgIpc) is 2.75. The van der Waals surface area contributed by atoms with Crippen molar-refractivity contribution in [2.24, 2.45) is 5.92 Å². The molecule has 2 rings (SSSR count). The van der Waals surface area contributed by atoms with Crippen molar-refractivity contribution in [1.82, 2.24) is 4.90 Å². The molecule has 1 aromatic rings. The van der Waals surface area contributed by atoms with Gasteiger partial charge in [0.05, 0.1) is 0 Å². The monoisotopic (exact) mass is 541 g/mol. The van der Waals surface area contributed by atoms with Gasteiger partial charge in [0.2, 0.25) is 0 Å².